The first-order chi connectivity index (χ1) is 14.0. The Morgan fingerprint density at radius 1 is 1.14 bits per heavy atom. The summed E-state index contributed by atoms with van der Waals surface area (Å²) in [5.41, 5.74) is 4.93. The molecule has 0 atom stereocenters. The number of para-hydroxylation sites is 1. The van der Waals surface area contributed by atoms with Crippen LogP contribution in [-0.4, -0.2) is 34.2 Å². The Bertz CT molecular complexity index is 975. The third kappa shape index (κ3) is 4.93. The lowest BCUT2D eigenvalue weighted by molar-refractivity contribution is -0.129. The molecule has 0 aliphatic carbocycles. The van der Waals surface area contributed by atoms with Gasteiger partial charge < -0.3 is 9.64 Å². The minimum Gasteiger partial charge on any atom is -0.490 e. The average Bonchev–Trinajstić information content (AvgIpc) is 3.02. The summed E-state index contributed by atoms with van der Waals surface area (Å²) in [5, 5.41) is 4.64. The highest BCUT2D eigenvalue weighted by molar-refractivity contribution is 5.79. The second kappa shape index (κ2) is 9.24. The van der Waals surface area contributed by atoms with Crippen LogP contribution in [0.3, 0.4) is 0 Å². The minimum absolute atomic E-state index is 0.0656. The molecule has 1 amide bonds. The van der Waals surface area contributed by atoms with Crippen molar-refractivity contribution in [1.29, 1.82) is 0 Å². The summed E-state index contributed by atoms with van der Waals surface area (Å²) in [5.74, 6) is 0.859. The molecule has 0 unspecified atom stereocenters. The number of ether oxygens (including phenoxy) is 1. The van der Waals surface area contributed by atoms with Crippen molar-refractivity contribution < 1.29 is 9.53 Å². The van der Waals surface area contributed by atoms with E-state index in [0.717, 1.165) is 34.0 Å². The molecule has 0 bridgehead atoms. The van der Waals surface area contributed by atoms with Gasteiger partial charge >= 0.3 is 0 Å². The number of amides is 1. The van der Waals surface area contributed by atoms with Gasteiger partial charge in [0.1, 0.15) is 12.4 Å². The van der Waals surface area contributed by atoms with E-state index in [2.05, 4.69) is 11.7 Å². The largest absolute Gasteiger partial charge is 0.490 e. The molecule has 150 valence electrons. The molecule has 0 saturated carbocycles. The number of benzene rings is 2. The Balaban J connectivity index is 1.67. The van der Waals surface area contributed by atoms with Crippen molar-refractivity contribution in [2.75, 3.05) is 13.7 Å². The van der Waals surface area contributed by atoms with Crippen LogP contribution in [0.15, 0.2) is 67.3 Å². The number of aromatic nitrogens is 2. The summed E-state index contributed by atoms with van der Waals surface area (Å²) in [6, 6.07) is 17.8. The van der Waals surface area contributed by atoms with E-state index in [0.29, 0.717) is 19.6 Å². The first kappa shape index (κ1) is 20.4. The van der Waals surface area contributed by atoms with Crippen molar-refractivity contribution in [3.8, 4) is 11.4 Å². The zero-order valence-corrected chi connectivity index (χ0v) is 17.3. The molecule has 2 aromatic carbocycles. The van der Waals surface area contributed by atoms with E-state index in [4.69, 9.17) is 4.74 Å². The molecule has 5 heteroatoms. The Morgan fingerprint density at radius 3 is 2.48 bits per heavy atom. The highest BCUT2D eigenvalue weighted by Gasteiger charge is 2.18. The quantitative estimate of drug-likeness (QED) is 0.541. The van der Waals surface area contributed by atoms with E-state index in [-0.39, 0.29) is 5.91 Å². The van der Waals surface area contributed by atoms with Gasteiger partial charge in [-0.25, -0.2) is 4.68 Å². The summed E-state index contributed by atoms with van der Waals surface area (Å²) in [6.45, 7) is 8.64. The maximum Gasteiger partial charge on any atom is 0.227 e. The summed E-state index contributed by atoms with van der Waals surface area (Å²) in [6.07, 6.45) is 2.05. The molecule has 0 aliphatic rings. The van der Waals surface area contributed by atoms with Gasteiger partial charge in [0.2, 0.25) is 5.91 Å². The SMILES string of the molecule is C=CCOc1ccc(CN(C)C(=O)Cc2c(C)nn(-c3ccccc3)c2C)cc1. The number of aryl methyl sites for hydroxylation is 1. The molecule has 0 aliphatic heterocycles. The number of carbonyl (C=O) groups excluding carboxylic acids is 1. The number of hydrogen-bond donors (Lipinski definition) is 0. The smallest absolute Gasteiger partial charge is 0.227 e. The molecule has 0 saturated heterocycles. The van der Waals surface area contributed by atoms with E-state index < -0.39 is 0 Å². The van der Waals surface area contributed by atoms with Gasteiger partial charge in [-0.1, -0.05) is 43.0 Å². The topological polar surface area (TPSA) is 47.4 Å². The zero-order chi connectivity index (χ0) is 20.8. The van der Waals surface area contributed by atoms with Gasteiger partial charge in [-0.15, -0.1) is 0 Å². The van der Waals surface area contributed by atoms with Gasteiger partial charge in [-0.2, -0.15) is 5.10 Å². The molecular formula is C24H27N3O2. The molecule has 0 fully saturated rings. The second-order valence-electron chi connectivity index (χ2n) is 7.07. The Labute approximate surface area is 172 Å². The summed E-state index contributed by atoms with van der Waals surface area (Å²) < 4.78 is 7.40. The normalized spacial score (nSPS) is 10.6. The first-order valence-electron chi connectivity index (χ1n) is 9.66. The van der Waals surface area contributed by atoms with Gasteiger partial charge in [0.25, 0.3) is 0 Å². The molecular weight excluding hydrogens is 362 g/mol. The molecule has 5 nitrogen and oxygen atoms in total. The summed E-state index contributed by atoms with van der Waals surface area (Å²) in [4.78, 5) is 14.6. The van der Waals surface area contributed by atoms with E-state index in [1.807, 2.05) is 80.2 Å². The number of rotatable bonds is 8. The van der Waals surface area contributed by atoms with Crippen molar-refractivity contribution in [3.63, 3.8) is 0 Å². The number of hydrogen-bond acceptors (Lipinski definition) is 3. The Kier molecular flexibility index (Phi) is 6.50. The molecule has 0 spiro atoms. The van der Waals surface area contributed by atoms with Crippen LogP contribution >= 0.6 is 0 Å². The molecule has 29 heavy (non-hydrogen) atoms. The zero-order valence-electron chi connectivity index (χ0n) is 17.3. The van der Waals surface area contributed by atoms with Crippen LogP contribution in [0, 0.1) is 13.8 Å². The molecule has 3 rings (SSSR count). The van der Waals surface area contributed by atoms with Gasteiger partial charge in [0.15, 0.2) is 0 Å². The molecule has 3 aromatic rings. The lowest BCUT2D eigenvalue weighted by atomic mass is 10.1. The predicted octanol–water partition coefficient (Wildman–Crippen LogP) is 4.26. The van der Waals surface area contributed by atoms with Crippen LogP contribution in [0.5, 0.6) is 5.75 Å². The van der Waals surface area contributed by atoms with Crippen LogP contribution in [0.4, 0.5) is 0 Å². The van der Waals surface area contributed by atoms with E-state index in [1.165, 1.54) is 0 Å². The Hall–Kier alpha value is -3.34. The number of carbonyl (C=O) groups is 1. The summed E-state index contributed by atoms with van der Waals surface area (Å²) in [7, 11) is 1.83. The van der Waals surface area contributed by atoms with Crippen molar-refractivity contribution in [2.24, 2.45) is 0 Å². The predicted molar refractivity (Wildman–Crippen MR) is 115 cm³/mol. The molecule has 0 N–H and O–H groups in total. The fourth-order valence-corrected chi connectivity index (χ4v) is 3.25. The maximum absolute atomic E-state index is 12.8. The lowest BCUT2D eigenvalue weighted by Crippen LogP contribution is -2.28. The van der Waals surface area contributed by atoms with Crippen molar-refractivity contribution in [1.82, 2.24) is 14.7 Å². The molecule has 1 heterocycles. The van der Waals surface area contributed by atoms with E-state index >= 15 is 0 Å². The second-order valence-corrected chi connectivity index (χ2v) is 7.07. The van der Waals surface area contributed by atoms with Crippen molar-refractivity contribution in [3.05, 3.63) is 89.8 Å². The molecule has 0 radical (unpaired) electrons. The van der Waals surface area contributed by atoms with Gasteiger partial charge in [-0.3, -0.25) is 4.79 Å². The highest BCUT2D eigenvalue weighted by Crippen LogP contribution is 2.19. The van der Waals surface area contributed by atoms with Crippen LogP contribution in [-0.2, 0) is 17.8 Å². The third-order valence-corrected chi connectivity index (χ3v) is 4.91. The first-order valence-corrected chi connectivity index (χ1v) is 9.66. The van der Waals surface area contributed by atoms with E-state index in [9.17, 15) is 4.79 Å². The van der Waals surface area contributed by atoms with E-state index in [1.54, 1.807) is 11.0 Å². The standard InChI is InChI=1S/C24H27N3O2/c1-5-15-29-22-13-11-20(12-14-22)17-26(4)24(28)16-23-18(2)25-27(19(23)3)21-9-7-6-8-10-21/h5-14H,1,15-17H2,2-4H3. The Morgan fingerprint density at radius 2 is 1.83 bits per heavy atom. The fourth-order valence-electron chi connectivity index (χ4n) is 3.25. The summed E-state index contributed by atoms with van der Waals surface area (Å²) >= 11 is 0. The third-order valence-electron chi connectivity index (χ3n) is 4.91. The number of nitrogens with zero attached hydrogens (tertiary/aromatic N) is 3. The van der Waals surface area contributed by atoms with Gasteiger partial charge in [0.05, 0.1) is 17.8 Å². The number of likely N-dealkylation sites (N-methyl/N-ethyl adjacent to an activating group) is 1. The fraction of sp³-hybridized carbons (Fsp3) is 0.250. The highest BCUT2D eigenvalue weighted by atomic mass is 16.5. The van der Waals surface area contributed by atoms with Crippen molar-refractivity contribution in [2.45, 2.75) is 26.8 Å². The van der Waals surface area contributed by atoms with Crippen LogP contribution in [0.2, 0.25) is 0 Å². The van der Waals surface area contributed by atoms with Gasteiger partial charge in [-0.05, 0) is 43.7 Å². The van der Waals surface area contributed by atoms with Crippen molar-refractivity contribution >= 4 is 5.91 Å². The average molecular weight is 389 g/mol. The van der Waals surface area contributed by atoms with Gasteiger partial charge in [0, 0.05) is 24.8 Å². The van der Waals surface area contributed by atoms with Crippen LogP contribution < -0.4 is 4.74 Å². The van der Waals surface area contributed by atoms with Crippen LogP contribution in [0.25, 0.3) is 5.69 Å². The molecule has 1 aromatic heterocycles. The van der Waals surface area contributed by atoms with Crippen LogP contribution in [0.1, 0.15) is 22.5 Å². The lowest BCUT2D eigenvalue weighted by Gasteiger charge is -2.18. The minimum atomic E-state index is 0.0656. The monoisotopic (exact) mass is 389 g/mol. The maximum atomic E-state index is 12.8.